The number of hydrogen-bond donors (Lipinski definition) is 1. The highest BCUT2D eigenvalue weighted by atomic mass is 19.1. The standard InChI is InChI=1S/C22H20FN3O2/c1-13(2)9-20-18(11-24)22(14-3-5-15(23)6-4-14)17-10-16(28-12-21(25)27)7-8-19(17)26-20/h3-8,10,13H,9,12H2,1-2H3,(H2,25,27). The van der Waals surface area contributed by atoms with Crippen molar-refractivity contribution in [1.29, 1.82) is 5.26 Å². The number of nitriles is 1. The van der Waals surface area contributed by atoms with Crippen molar-refractivity contribution < 1.29 is 13.9 Å². The fraction of sp³-hybridized carbons (Fsp3) is 0.227. The zero-order valence-electron chi connectivity index (χ0n) is 15.7. The maximum Gasteiger partial charge on any atom is 0.255 e. The molecular weight excluding hydrogens is 357 g/mol. The van der Waals surface area contributed by atoms with E-state index in [-0.39, 0.29) is 12.4 Å². The van der Waals surface area contributed by atoms with Crippen molar-refractivity contribution in [3.05, 3.63) is 59.5 Å². The first kappa shape index (κ1) is 19.3. The van der Waals surface area contributed by atoms with Crippen molar-refractivity contribution in [3.8, 4) is 22.9 Å². The minimum atomic E-state index is -0.582. The second-order valence-corrected chi connectivity index (χ2v) is 6.96. The molecule has 0 aliphatic heterocycles. The van der Waals surface area contributed by atoms with Crippen LogP contribution in [0.5, 0.6) is 5.75 Å². The third-order valence-electron chi connectivity index (χ3n) is 4.26. The zero-order valence-corrected chi connectivity index (χ0v) is 15.7. The molecule has 142 valence electrons. The molecule has 0 fully saturated rings. The van der Waals surface area contributed by atoms with Gasteiger partial charge in [0.1, 0.15) is 17.6 Å². The number of carbonyl (C=O) groups is 1. The van der Waals surface area contributed by atoms with Crippen molar-refractivity contribution in [2.24, 2.45) is 11.7 Å². The molecule has 1 heterocycles. The van der Waals surface area contributed by atoms with Crippen LogP contribution in [0.4, 0.5) is 4.39 Å². The molecule has 6 heteroatoms. The molecule has 0 radical (unpaired) electrons. The van der Waals surface area contributed by atoms with Crippen LogP contribution in [0.3, 0.4) is 0 Å². The zero-order chi connectivity index (χ0) is 20.3. The van der Waals surface area contributed by atoms with Gasteiger partial charge in [-0.15, -0.1) is 0 Å². The van der Waals surface area contributed by atoms with E-state index in [1.54, 1.807) is 30.3 Å². The largest absolute Gasteiger partial charge is 0.484 e. The lowest BCUT2D eigenvalue weighted by molar-refractivity contribution is -0.119. The Morgan fingerprint density at radius 1 is 1.25 bits per heavy atom. The summed E-state index contributed by atoms with van der Waals surface area (Å²) in [5.41, 5.74) is 8.39. The lowest BCUT2D eigenvalue weighted by Gasteiger charge is -2.15. The van der Waals surface area contributed by atoms with Crippen LogP contribution in [-0.2, 0) is 11.2 Å². The second-order valence-electron chi connectivity index (χ2n) is 6.96. The summed E-state index contributed by atoms with van der Waals surface area (Å²) >= 11 is 0. The predicted octanol–water partition coefficient (Wildman–Crippen LogP) is 3.98. The van der Waals surface area contributed by atoms with Crippen LogP contribution in [0.15, 0.2) is 42.5 Å². The first-order valence-corrected chi connectivity index (χ1v) is 8.92. The Balaban J connectivity index is 2.28. The molecule has 1 aromatic heterocycles. The van der Waals surface area contributed by atoms with Gasteiger partial charge in [-0.05, 0) is 48.2 Å². The summed E-state index contributed by atoms with van der Waals surface area (Å²) in [4.78, 5) is 15.7. The van der Waals surface area contributed by atoms with Crippen LogP contribution >= 0.6 is 0 Å². The van der Waals surface area contributed by atoms with Gasteiger partial charge in [-0.1, -0.05) is 26.0 Å². The first-order valence-electron chi connectivity index (χ1n) is 8.92. The van der Waals surface area contributed by atoms with Crippen LogP contribution in [0.1, 0.15) is 25.1 Å². The number of halogens is 1. The van der Waals surface area contributed by atoms with E-state index >= 15 is 0 Å². The number of rotatable bonds is 6. The average molecular weight is 377 g/mol. The topological polar surface area (TPSA) is 89.0 Å². The van der Waals surface area contributed by atoms with Gasteiger partial charge in [0.2, 0.25) is 0 Å². The van der Waals surface area contributed by atoms with Gasteiger partial charge in [0.15, 0.2) is 6.61 Å². The summed E-state index contributed by atoms with van der Waals surface area (Å²) in [5.74, 6) is -0.177. The Morgan fingerprint density at radius 2 is 1.96 bits per heavy atom. The van der Waals surface area contributed by atoms with E-state index in [9.17, 15) is 14.4 Å². The monoisotopic (exact) mass is 377 g/mol. The second kappa shape index (κ2) is 8.05. The number of nitrogens with zero attached hydrogens (tertiary/aromatic N) is 2. The third-order valence-corrected chi connectivity index (χ3v) is 4.26. The van der Waals surface area contributed by atoms with Gasteiger partial charge in [0.05, 0.1) is 16.8 Å². The number of nitrogens with two attached hydrogens (primary N) is 1. The van der Waals surface area contributed by atoms with Crippen LogP contribution in [0.2, 0.25) is 0 Å². The van der Waals surface area contributed by atoms with E-state index in [1.165, 1.54) is 12.1 Å². The fourth-order valence-corrected chi connectivity index (χ4v) is 3.11. The van der Waals surface area contributed by atoms with E-state index in [2.05, 4.69) is 24.9 Å². The van der Waals surface area contributed by atoms with Gasteiger partial charge in [-0.2, -0.15) is 5.26 Å². The summed E-state index contributed by atoms with van der Waals surface area (Å²) in [6.45, 7) is 3.87. The summed E-state index contributed by atoms with van der Waals surface area (Å²) in [5, 5.41) is 10.6. The summed E-state index contributed by atoms with van der Waals surface area (Å²) < 4.78 is 18.9. The number of carbonyl (C=O) groups excluding carboxylic acids is 1. The van der Waals surface area contributed by atoms with Crippen LogP contribution in [-0.4, -0.2) is 17.5 Å². The van der Waals surface area contributed by atoms with Crippen LogP contribution in [0.25, 0.3) is 22.0 Å². The van der Waals surface area contributed by atoms with Crippen LogP contribution < -0.4 is 10.5 Å². The molecule has 0 aliphatic carbocycles. The smallest absolute Gasteiger partial charge is 0.255 e. The van der Waals surface area contributed by atoms with Gasteiger partial charge in [0.25, 0.3) is 5.91 Å². The SMILES string of the molecule is CC(C)Cc1nc2ccc(OCC(N)=O)cc2c(-c2ccc(F)cc2)c1C#N. The number of benzene rings is 2. The maximum atomic E-state index is 13.4. The van der Waals surface area contributed by atoms with Crippen molar-refractivity contribution in [1.82, 2.24) is 4.98 Å². The summed E-state index contributed by atoms with van der Waals surface area (Å²) in [6.07, 6.45) is 0.646. The predicted molar refractivity (Wildman–Crippen MR) is 105 cm³/mol. The molecule has 0 saturated heterocycles. The van der Waals surface area contributed by atoms with E-state index in [1.807, 2.05) is 0 Å². The molecule has 2 N–H and O–H groups in total. The Morgan fingerprint density at radius 3 is 2.57 bits per heavy atom. The molecule has 28 heavy (non-hydrogen) atoms. The Hall–Kier alpha value is -3.46. The summed E-state index contributed by atoms with van der Waals surface area (Å²) in [7, 11) is 0. The molecule has 0 aliphatic rings. The normalized spacial score (nSPS) is 10.8. The Labute approximate surface area is 162 Å². The maximum absolute atomic E-state index is 13.4. The van der Waals surface area contributed by atoms with Gasteiger partial charge in [-0.3, -0.25) is 9.78 Å². The van der Waals surface area contributed by atoms with E-state index < -0.39 is 5.91 Å². The average Bonchev–Trinajstić information content (AvgIpc) is 2.65. The molecule has 0 atom stereocenters. The molecule has 0 unspecified atom stereocenters. The minimum absolute atomic E-state index is 0.249. The summed E-state index contributed by atoms with van der Waals surface area (Å²) in [6, 6.07) is 13.5. The number of fused-ring (bicyclic) bond motifs is 1. The molecule has 5 nitrogen and oxygen atoms in total. The van der Waals surface area contributed by atoms with Gasteiger partial charge in [0, 0.05) is 10.9 Å². The number of pyridine rings is 1. The molecule has 3 aromatic rings. The molecular formula is C22H20FN3O2. The molecule has 1 amide bonds. The molecule has 3 rings (SSSR count). The van der Waals surface area contributed by atoms with E-state index in [0.717, 1.165) is 0 Å². The molecule has 0 bridgehead atoms. The number of aromatic nitrogens is 1. The minimum Gasteiger partial charge on any atom is -0.484 e. The lowest BCUT2D eigenvalue weighted by atomic mass is 9.92. The number of amides is 1. The van der Waals surface area contributed by atoms with Gasteiger partial charge >= 0.3 is 0 Å². The van der Waals surface area contributed by atoms with Crippen molar-refractivity contribution in [3.63, 3.8) is 0 Å². The highest BCUT2D eigenvalue weighted by Gasteiger charge is 2.18. The molecule has 0 spiro atoms. The Kier molecular flexibility index (Phi) is 5.55. The van der Waals surface area contributed by atoms with Crippen molar-refractivity contribution in [2.45, 2.75) is 20.3 Å². The highest BCUT2D eigenvalue weighted by Crippen LogP contribution is 2.35. The number of primary amides is 1. The van der Waals surface area contributed by atoms with Gasteiger partial charge in [-0.25, -0.2) is 4.39 Å². The van der Waals surface area contributed by atoms with Crippen molar-refractivity contribution >= 4 is 16.8 Å². The molecule has 0 saturated carbocycles. The Bertz CT molecular complexity index is 1070. The number of ether oxygens (including phenoxy) is 1. The fourth-order valence-electron chi connectivity index (χ4n) is 3.11. The highest BCUT2D eigenvalue weighted by molar-refractivity contribution is 5.98. The lowest BCUT2D eigenvalue weighted by Crippen LogP contribution is -2.20. The third kappa shape index (κ3) is 4.09. The first-order chi connectivity index (χ1) is 13.4. The van der Waals surface area contributed by atoms with E-state index in [4.69, 9.17) is 10.5 Å². The van der Waals surface area contributed by atoms with Gasteiger partial charge < -0.3 is 10.5 Å². The van der Waals surface area contributed by atoms with E-state index in [0.29, 0.717) is 51.4 Å². The van der Waals surface area contributed by atoms with Crippen LogP contribution in [0, 0.1) is 23.1 Å². The molecule has 2 aromatic carbocycles. The van der Waals surface area contributed by atoms with Crippen molar-refractivity contribution in [2.75, 3.05) is 6.61 Å². The number of hydrogen-bond acceptors (Lipinski definition) is 4. The quantitative estimate of drug-likeness (QED) is 0.704.